The van der Waals surface area contributed by atoms with Gasteiger partial charge in [-0.2, -0.15) is 0 Å². The van der Waals surface area contributed by atoms with E-state index >= 15 is 0 Å². The van der Waals surface area contributed by atoms with Gasteiger partial charge in [0.1, 0.15) is 0 Å². The van der Waals surface area contributed by atoms with Crippen LogP contribution >= 0.6 is 24.8 Å². The number of unbranched alkanes of at least 4 members (excludes halogenated alkanes) is 3. The molecule has 0 aliphatic carbocycles. The summed E-state index contributed by atoms with van der Waals surface area (Å²) in [6.07, 6.45) is 4.79. The highest BCUT2D eigenvalue weighted by atomic mass is 35.5. The monoisotopic (exact) mass is 222 g/mol. The Morgan fingerprint density at radius 2 is 0.833 bits per heavy atom. The van der Waals surface area contributed by atoms with E-state index in [4.69, 9.17) is 11.5 Å². The van der Waals surface area contributed by atoms with Crippen molar-refractivity contribution in [3.05, 3.63) is 0 Å². The summed E-state index contributed by atoms with van der Waals surface area (Å²) in [4.78, 5) is 0. The summed E-state index contributed by atoms with van der Waals surface area (Å²) in [5.74, 6) is 0. The third kappa shape index (κ3) is 31.5. The van der Waals surface area contributed by atoms with Crippen molar-refractivity contribution in [1.82, 2.24) is 12.3 Å². The van der Waals surface area contributed by atoms with Gasteiger partial charge in [-0.25, -0.2) is 0 Å². The summed E-state index contributed by atoms with van der Waals surface area (Å²) in [5.41, 5.74) is 10.6. The lowest BCUT2D eigenvalue weighted by atomic mass is 10.2. The first-order valence-corrected chi connectivity index (χ1v) is 3.32. The van der Waals surface area contributed by atoms with Crippen LogP contribution in [0, 0.1) is 0 Å². The largest absolute Gasteiger partial charge is 0.344 e. The predicted octanol–water partition coefficient (Wildman–Crippen LogP) is 1.63. The molecule has 0 fully saturated rings. The lowest BCUT2D eigenvalue weighted by Gasteiger charge is -1.94. The molecule has 82 valence electrons. The van der Waals surface area contributed by atoms with Crippen molar-refractivity contribution in [1.29, 1.82) is 0 Å². The molecule has 6 heteroatoms. The number of hydrogen-bond donors (Lipinski definition) is 4. The molecule has 4 nitrogen and oxygen atoms in total. The second kappa shape index (κ2) is 30.1. The van der Waals surface area contributed by atoms with Crippen LogP contribution in [0.4, 0.5) is 0 Å². The Bertz CT molecular complexity index is 42.5. The topological polar surface area (TPSA) is 122 Å². The van der Waals surface area contributed by atoms with Crippen LogP contribution in [0.25, 0.3) is 0 Å². The molecule has 12 heavy (non-hydrogen) atoms. The summed E-state index contributed by atoms with van der Waals surface area (Å²) in [5, 5.41) is 0. The van der Waals surface area contributed by atoms with Gasteiger partial charge in [0.25, 0.3) is 0 Å². The molecule has 0 radical (unpaired) electrons. The first kappa shape index (κ1) is 29.4. The summed E-state index contributed by atoms with van der Waals surface area (Å²) >= 11 is 0. The summed E-state index contributed by atoms with van der Waals surface area (Å²) in [7, 11) is 0. The third-order valence-corrected chi connectivity index (χ3v) is 1.16. The van der Waals surface area contributed by atoms with Crippen molar-refractivity contribution in [3.63, 3.8) is 0 Å². The minimum Gasteiger partial charge on any atom is -0.344 e. The Morgan fingerprint density at radius 3 is 1.00 bits per heavy atom. The molecule has 0 aliphatic heterocycles. The average molecular weight is 223 g/mol. The molecular formula is C6H24Cl2N4. The van der Waals surface area contributed by atoms with Gasteiger partial charge in [-0.05, 0) is 25.9 Å². The van der Waals surface area contributed by atoms with Crippen molar-refractivity contribution in [2.45, 2.75) is 25.7 Å². The molecule has 10 N–H and O–H groups in total. The smallest absolute Gasteiger partial charge is 0.00773 e. The molecule has 0 bridgehead atoms. The molecule has 0 saturated carbocycles. The highest BCUT2D eigenvalue weighted by molar-refractivity contribution is 5.85. The normalized spacial score (nSPS) is 6.50. The maximum absolute atomic E-state index is 5.28. The third-order valence-electron chi connectivity index (χ3n) is 1.16. The van der Waals surface area contributed by atoms with Gasteiger partial charge >= 0.3 is 0 Å². The molecule has 0 aromatic rings. The fourth-order valence-corrected chi connectivity index (χ4v) is 0.642. The number of halogens is 2. The van der Waals surface area contributed by atoms with E-state index in [0.717, 1.165) is 25.9 Å². The Labute approximate surface area is 87.8 Å². The molecular weight excluding hydrogens is 199 g/mol. The zero-order valence-corrected chi connectivity index (χ0v) is 9.26. The van der Waals surface area contributed by atoms with Crippen molar-refractivity contribution in [2.75, 3.05) is 13.1 Å². The zero-order chi connectivity index (χ0) is 6.24. The average Bonchev–Trinajstić information content (AvgIpc) is 1.81. The SMILES string of the molecule is Cl.Cl.N.N.NCCCCCCN. The summed E-state index contributed by atoms with van der Waals surface area (Å²) in [6, 6.07) is 0. The van der Waals surface area contributed by atoms with Crippen LogP contribution in [0.1, 0.15) is 25.7 Å². The highest BCUT2D eigenvalue weighted by Gasteiger charge is 1.83. The van der Waals surface area contributed by atoms with Gasteiger partial charge in [0.2, 0.25) is 0 Å². The van der Waals surface area contributed by atoms with Crippen LogP contribution in [0.15, 0.2) is 0 Å². The van der Waals surface area contributed by atoms with E-state index < -0.39 is 0 Å². The molecule has 0 amide bonds. The Balaban J connectivity index is -0.0000000408. The summed E-state index contributed by atoms with van der Waals surface area (Å²) in [6.45, 7) is 1.65. The maximum atomic E-state index is 5.28. The van der Waals surface area contributed by atoms with E-state index in [2.05, 4.69) is 0 Å². The van der Waals surface area contributed by atoms with Crippen molar-refractivity contribution < 1.29 is 0 Å². The maximum Gasteiger partial charge on any atom is -0.00773 e. The van der Waals surface area contributed by atoms with Crippen LogP contribution in [0.3, 0.4) is 0 Å². The highest BCUT2D eigenvalue weighted by Crippen LogP contribution is 1.95. The van der Waals surface area contributed by atoms with Gasteiger partial charge in [0.05, 0.1) is 0 Å². The minimum atomic E-state index is 0. The van der Waals surface area contributed by atoms with E-state index in [1.807, 2.05) is 0 Å². The van der Waals surface area contributed by atoms with Crippen LogP contribution < -0.4 is 23.8 Å². The summed E-state index contributed by atoms with van der Waals surface area (Å²) < 4.78 is 0. The molecule has 0 atom stereocenters. The Kier molecular flexibility index (Phi) is 73.8. The predicted molar refractivity (Wildman–Crippen MR) is 61.1 cm³/mol. The van der Waals surface area contributed by atoms with Crippen LogP contribution in [0.2, 0.25) is 0 Å². The van der Waals surface area contributed by atoms with Gasteiger partial charge in [0, 0.05) is 0 Å². The zero-order valence-electron chi connectivity index (χ0n) is 7.63. The first-order chi connectivity index (χ1) is 3.91. The fraction of sp³-hybridized carbons (Fsp3) is 1.00. The van der Waals surface area contributed by atoms with Gasteiger partial charge in [-0.1, -0.05) is 12.8 Å². The van der Waals surface area contributed by atoms with E-state index in [1.165, 1.54) is 12.8 Å². The van der Waals surface area contributed by atoms with E-state index in [-0.39, 0.29) is 37.1 Å². The molecule has 0 aromatic carbocycles. The fourth-order valence-electron chi connectivity index (χ4n) is 0.642. The quantitative estimate of drug-likeness (QED) is 0.529. The minimum absolute atomic E-state index is 0. The van der Waals surface area contributed by atoms with E-state index in [0.29, 0.717) is 0 Å². The van der Waals surface area contributed by atoms with Gasteiger partial charge < -0.3 is 23.8 Å². The van der Waals surface area contributed by atoms with Gasteiger partial charge in [-0.15, -0.1) is 24.8 Å². The lowest BCUT2D eigenvalue weighted by molar-refractivity contribution is 0.653. The molecule has 0 rings (SSSR count). The van der Waals surface area contributed by atoms with Gasteiger partial charge in [0.15, 0.2) is 0 Å². The number of hydrogen-bond acceptors (Lipinski definition) is 4. The first-order valence-electron chi connectivity index (χ1n) is 3.32. The van der Waals surface area contributed by atoms with E-state index in [9.17, 15) is 0 Å². The number of nitrogens with two attached hydrogens (primary N) is 2. The molecule has 0 aromatic heterocycles. The molecule has 0 saturated heterocycles. The van der Waals surface area contributed by atoms with Crippen LogP contribution in [-0.4, -0.2) is 13.1 Å². The second-order valence-corrected chi connectivity index (χ2v) is 1.99. The molecule has 0 heterocycles. The van der Waals surface area contributed by atoms with Crippen LogP contribution in [0.5, 0.6) is 0 Å². The van der Waals surface area contributed by atoms with Gasteiger partial charge in [-0.3, -0.25) is 0 Å². The number of rotatable bonds is 5. The molecule has 0 unspecified atom stereocenters. The van der Waals surface area contributed by atoms with Crippen molar-refractivity contribution >= 4 is 24.8 Å². The van der Waals surface area contributed by atoms with Crippen molar-refractivity contribution in [2.24, 2.45) is 11.5 Å². The molecule has 0 aliphatic rings. The Morgan fingerprint density at radius 1 is 0.583 bits per heavy atom. The van der Waals surface area contributed by atoms with E-state index in [1.54, 1.807) is 0 Å². The second-order valence-electron chi connectivity index (χ2n) is 1.99. The molecule has 0 spiro atoms. The van der Waals surface area contributed by atoms with Crippen molar-refractivity contribution in [3.8, 4) is 0 Å². The lowest BCUT2D eigenvalue weighted by Crippen LogP contribution is -2.00. The Hall–Kier alpha value is 0.420. The standard InChI is InChI=1S/C6H16N2.2ClH.2H3N/c7-5-3-1-2-4-6-8;;;;/h1-8H2;2*1H;2*1H3. The van der Waals surface area contributed by atoms with Crippen LogP contribution in [-0.2, 0) is 0 Å².